The van der Waals surface area contributed by atoms with Crippen molar-refractivity contribution in [3.8, 4) is 5.75 Å². The Bertz CT molecular complexity index is 1000. The first kappa shape index (κ1) is 16.3. The van der Waals surface area contributed by atoms with Crippen molar-refractivity contribution in [3.63, 3.8) is 0 Å². The molecule has 0 atom stereocenters. The number of amides is 1. The van der Waals surface area contributed by atoms with E-state index in [0.29, 0.717) is 20.9 Å². The third-order valence-corrected chi connectivity index (χ3v) is 4.09. The van der Waals surface area contributed by atoms with Crippen LogP contribution >= 0.6 is 23.2 Å². The van der Waals surface area contributed by atoms with Crippen LogP contribution in [0.4, 0.5) is 4.79 Å². The standard InChI is InChI=1S/C16H11Cl2N3O3/c17-12-3-1-9(5-13(12)18)7-21-8-20-14-4-2-10(24-16(19)23)6-11(14)15(21)22/h1-6,8H,7H2,(H2,19,23). The van der Waals surface area contributed by atoms with E-state index in [4.69, 9.17) is 33.7 Å². The van der Waals surface area contributed by atoms with Gasteiger partial charge >= 0.3 is 6.09 Å². The molecule has 0 fully saturated rings. The highest BCUT2D eigenvalue weighted by Crippen LogP contribution is 2.23. The number of halogens is 2. The molecule has 0 spiro atoms. The molecule has 0 aliphatic heterocycles. The Hall–Kier alpha value is -2.57. The molecule has 8 heteroatoms. The topological polar surface area (TPSA) is 87.2 Å². The quantitative estimate of drug-likeness (QED) is 0.773. The summed E-state index contributed by atoms with van der Waals surface area (Å²) in [6, 6.07) is 9.66. The van der Waals surface area contributed by atoms with E-state index < -0.39 is 6.09 Å². The second kappa shape index (κ2) is 6.51. The van der Waals surface area contributed by atoms with Gasteiger partial charge in [-0.05, 0) is 35.9 Å². The number of hydrogen-bond donors (Lipinski definition) is 1. The molecule has 0 aliphatic rings. The fraction of sp³-hybridized carbons (Fsp3) is 0.0625. The van der Waals surface area contributed by atoms with E-state index in [1.807, 2.05) is 0 Å². The monoisotopic (exact) mass is 363 g/mol. The first-order chi connectivity index (χ1) is 11.4. The predicted octanol–water partition coefficient (Wildman–Crippen LogP) is 3.21. The van der Waals surface area contributed by atoms with Crippen LogP contribution in [0.2, 0.25) is 10.0 Å². The Morgan fingerprint density at radius 2 is 1.96 bits per heavy atom. The van der Waals surface area contributed by atoms with Crippen LogP contribution in [-0.4, -0.2) is 15.6 Å². The number of primary amides is 1. The number of fused-ring (bicyclic) bond motifs is 1. The van der Waals surface area contributed by atoms with E-state index in [0.717, 1.165) is 5.56 Å². The summed E-state index contributed by atoms with van der Waals surface area (Å²) in [5, 5.41) is 1.17. The number of rotatable bonds is 3. The molecular weight excluding hydrogens is 353 g/mol. The van der Waals surface area contributed by atoms with E-state index in [-0.39, 0.29) is 17.9 Å². The Kier molecular flexibility index (Phi) is 4.42. The highest BCUT2D eigenvalue weighted by atomic mass is 35.5. The highest BCUT2D eigenvalue weighted by Gasteiger charge is 2.08. The SMILES string of the molecule is NC(=O)Oc1ccc2ncn(Cc3ccc(Cl)c(Cl)c3)c(=O)c2c1. The molecule has 3 aromatic rings. The summed E-state index contributed by atoms with van der Waals surface area (Å²) >= 11 is 11.9. The molecule has 6 nitrogen and oxygen atoms in total. The number of carbonyl (C=O) groups excluding carboxylic acids is 1. The molecule has 1 amide bonds. The minimum Gasteiger partial charge on any atom is -0.410 e. The van der Waals surface area contributed by atoms with Gasteiger partial charge in [-0.3, -0.25) is 9.36 Å². The maximum Gasteiger partial charge on any atom is 0.409 e. The fourth-order valence-corrected chi connectivity index (χ4v) is 2.59. The molecule has 24 heavy (non-hydrogen) atoms. The summed E-state index contributed by atoms with van der Waals surface area (Å²) < 4.78 is 6.22. The zero-order valence-corrected chi connectivity index (χ0v) is 13.7. The van der Waals surface area contributed by atoms with Gasteiger partial charge in [0.2, 0.25) is 0 Å². The van der Waals surface area contributed by atoms with Gasteiger partial charge in [-0.1, -0.05) is 29.3 Å². The molecule has 2 N–H and O–H groups in total. The Balaban J connectivity index is 2.02. The summed E-state index contributed by atoms with van der Waals surface area (Å²) in [7, 11) is 0. The normalized spacial score (nSPS) is 10.8. The Morgan fingerprint density at radius 1 is 1.17 bits per heavy atom. The lowest BCUT2D eigenvalue weighted by Crippen LogP contribution is -2.21. The lowest BCUT2D eigenvalue weighted by molar-refractivity contribution is 0.211. The molecule has 3 rings (SSSR count). The molecule has 2 aromatic carbocycles. The van der Waals surface area contributed by atoms with Crippen molar-refractivity contribution in [2.45, 2.75) is 6.54 Å². The van der Waals surface area contributed by atoms with Crippen molar-refractivity contribution in [3.05, 3.63) is 68.7 Å². The molecule has 0 saturated carbocycles. The first-order valence-corrected chi connectivity index (χ1v) is 7.60. The third-order valence-electron chi connectivity index (χ3n) is 3.35. The molecule has 1 heterocycles. The Labute approximate surface area is 146 Å². The van der Waals surface area contributed by atoms with Crippen LogP contribution in [0, 0.1) is 0 Å². The molecule has 1 aromatic heterocycles. The van der Waals surface area contributed by atoms with Crippen LogP contribution in [0.1, 0.15) is 5.56 Å². The number of ether oxygens (including phenoxy) is 1. The lowest BCUT2D eigenvalue weighted by atomic mass is 10.2. The van der Waals surface area contributed by atoms with Gasteiger partial charge in [0.25, 0.3) is 5.56 Å². The molecule has 0 bridgehead atoms. The van der Waals surface area contributed by atoms with E-state index in [1.165, 1.54) is 23.0 Å². The van der Waals surface area contributed by atoms with Crippen molar-refractivity contribution in [1.82, 2.24) is 9.55 Å². The third kappa shape index (κ3) is 3.34. The second-order valence-electron chi connectivity index (χ2n) is 5.03. The lowest BCUT2D eigenvalue weighted by Gasteiger charge is -2.08. The maximum atomic E-state index is 12.6. The molecule has 0 saturated heterocycles. The first-order valence-electron chi connectivity index (χ1n) is 6.84. The second-order valence-corrected chi connectivity index (χ2v) is 5.84. The van der Waals surface area contributed by atoms with Gasteiger partial charge in [0.1, 0.15) is 5.75 Å². The van der Waals surface area contributed by atoms with Gasteiger partial charge in [-0.2, -0.15) is 0 Å². The Morgan fingerprint density at radius 3 is 2.67 bits per heavy atom. The van der Waals surface area contributed by atoms with Crippen LogP contribution in [0.15, 0.2) is 47.5 Å². The average Bonchev–Trinajstić information content (AvgIpc) is 2.53. The number of benzene rings is 2. The summed E-state index contributed by atoms with van der Waals surface area (Å²) in [4.78, 5) is 27.7. The highest BCUT2D eigenvalue weighted by molar-refractivity contribution is 6.42. The van der Waals surface area contributed by atoms with Crippen LogP contribution in [0.3, 0.4) is 0 Å². The molecule has 122 valence electrons. The molecule has 0 radical (unpaired) electrons. The van der Waals surface area contributed by atoms with Crippen LogP contribution in [0.5, 0.6) is 5.75 Å². The summed E-state index contributed by atoms with van der Waals surface area (Å²) in [6.45, 7) is 0.277. The summed E-state index contributed by atoms with van der Waals surface area (Å²) in [6.07, 6.45) is 0.497. The van der Waals surface area contributed by atoms with Crippen molar-refractivity contribution in [2.24, 2.45) is 5.73 Å². The minimum absolute atomic E-state index is 0.182. The van der Waals surface area contributed by atoms with Gasteiger partial charge in [0.15, 0.2) is 0 Å². The zero-order valence-electron chi connectivity index (χ0n) is 12.2. The zero-order chi connectivity index (χ0) is 17.3. The van der Waals surface area contributed by atoms with Gasteiger partial charge in [0, 0.05) is 0 Å². The van der Waals surface area contributed by atoms with Crippen molar-refractivity contribution in [1.29, 1.82) is 0 Å². The molecule has 0 unspecified atom stereocenters. The van der Waals surface area contributed by atoms with Crippen molar-refractivity contribution in [2.75, 3.05) is 0 Å². The van der Waals surface area contributed by atoms with Crippen LogP contribution < -0.4 is 16.0 Å². The largest absolute Gasteiger partial charge is 0.410 e. The number of aromatic nitrogens is 2. The van der Waals surface area contributed by atoms with E-state index in [2.05, 4.69) is 4.98 Å². The van der Waals surface area contributed by atoms with E-state index >= 15 is 0 Å². The number of carbonyl (C=O) groups is 1. The smallest absolute Gasteiger partial charge is 0.409 e. The van der Waals surface area contributed by atoms with Gasteiger partial charge in [-0.15, -0.1) is 0 Å². The van der Waals surface area contributed by atoms with Gasteiger partial charge in [0.05, 0.1) is 33.8 Å². The summed E-state index contributed by atoms with van der Waals surface area (Å²) in [5.41, 5.74) is 6.00. The number of hydrogen-bond acceptors (Lipinski definition) is 4. The van der Waals surface area contributed by atoms with Gasteiger partial charge < -0.3 is 10.5 Å². The fourth-order valence-electron chi connectivity index (χ4n) is 2.27. The average molecular weight is 364 g/mol. The molecule has 0 aliphatic carbocycles. The minimum atomic E-state index is -0.950. The number of nitrogens with zero attached hydrogens (tertiary/aromatic N) is 2. The predicted molar refractivity (Wildman–Crippen MR) is 91.8 cm³/mol. The maximum absolute atomic E-state index is 12.6. The van der Waals surface area contributed by atoms with E-state index in [9.17, 15) is 9.59 Å². The van der Waals surface area contributed by atoms with E-state index in [1.54, 1.807) is 24.3 Å². The summed E-state index contributed by atoms with van der Waals surface area (Å²) in [5.74, 6) is 0.182. The van der Waals surface area contributed by atoms with Crippen LogP contribution in [0.25, 0.3) is 10.9 Å². The number of nitrogens with two attached hydrogens (primary N) is 1. The van der Waals surface area contributed by atoms with Crippen molar-refractivity contribution < 1.29 is 9.53 Å². The van der Waals surface area contributed by atoms with Crippen LogP contribution in [-0.2, 0) is 6.54 Å². The van der Waals surface area contributed by atoms with Crippen molar-refractivity contribution >= 4 is 40.2 Å². The van der Waals surface area contributed by atoms with Gasteiger partial charge in [-0.25, -0.2) is 9.78 Å². The molecular formula is C16H11Cl2N3O3.